The molecule has 306 valence electrons. The highest BCUT2D eigenvalue weighted by Gasteiger charge is 2.34. The van der Waals surface area contributed by atoms with Gasteiger partial charge in [-0.05, 0) is 115 Å². The van der Waals surface area contributed by atoms with Crippen LogP contribution in [0.5, 0.6) is 0 Å². The second kappa shape index (κ2) is 14.0. The van der Waals surface area contributed by atoms with Gasteiger partial charge in [-0.3, -0.25) is 0 Å². The van der Waals surface area contributed by atoms with Crippen LogP contribution in [-0.2, 0) is 18.5 Å². The first kappa shape index (κ1) is 39.9. The lowest BCUT2D eigenvalue weighted by atomic mass is 9.94. The van der Waals surface area contributed by atoms with Crippen molar-refractivity contribution in [2.45, 2.75) is 32.4 Å². The van der Waals surface area contributed by atoms with Gasteiger partial charge in [0.05, 0.1) is 57.7 Å². The molecule has 4 nitrogen and oxygen atoms in total. The van der Waals surface area contributed by atoms with E-state index >= 15 is 0 Å². The lowest BCUT2D eigenvalue weighted by Crippen LogP contribution is -2.05. The van der Waals surface area contributed by atoms with Crippen LogP contribution in [-0.4, -0.2) is 9.13 Å². The molecule has 0 amide bonds. The first-order valence-corrected chi connectivity index (χ1v) is 18.9. The minimum absolute atomic E-state index is 0.0844. The van der Waals surface area contributed by atoms with Crippen molar-refractivity contribution in [2.24, 2.45) is 0 Å². The molecule has 0 spiro atoms. The fourth-order valence-corrected chi connectivity index (χ4v) is 8.31. The first-order valence-electron chi connectivity index (χ1n) is 18.9. The highest BCUT2D eigenvalue weighted by atomic mass is 19.4. The van der Waals surface area contributed by atoms with Crippen LogP contribution in [0.1, 0.15) is 27.8 Å². The Bertz CT molecular complexity index is 3290. The number of rotatable bonds is 4. The Morgan fingerprint density at radius 1 is 0.403 bits per heavy atom. The van der Waals surface area contributed by atoms with Gasteiger partial charge in [-0.1, -0.05) is 53.6 Å². The Balaban J connectivity index is 1.41. The summed E-state index contributed by atoms with van der Waals surface area (Å²) in [6.07, 6.45) is -14.3. The molecule has 0 bridgehead atoms. The van der Waals surface area contributed by atoms with Crippen molar-refractivity contribution in [3.8, 4) is 33.6 Å². The maximum Gasteiger partial charge on any atom is 0.416 e. The van der Waals surface area contributed by atoms with Crippen molar-refractivity contribution in [1.29, 1.82) is 0 Å². The van der Waals surface area contributed by atoms with E-state index in [-0.39, 0.29) is 38.7 Å². The summed E-state index contributed by atoms with van der Waals surface area (Å²) >= 11 is 0. The smallest absolute Gasteiger partial charge is 0.309 e. The normalized spacial score (nSPS) is 12.4. The quantitative estimate of drug-likeness (QED) is 0.124. The van der Waals surface area contributed by atoms with Gasteiger partial charge < -0.3 is 9.13 Å². The molecule has 0 aliphatic heterocycles. The highest BCUT2D eigenvalue weighted by molar-refractivity contribution is 6.12. The van der Waals surface area contributed by atoms with Crippen molar-refractivity contribution in [2.75, 3.05) is 0 Å². The molecular formula is C49H27F9N4. The van der Waals surface area contributed by atoms with Crippen molar-refractivity contribution in [3.05, 3.63) is 178 Å². The molecule has 0 atom stereocenters. The summed E-state index contributed by atoms with van der Waals surface area (Å²) in [5.41, 5.74) is 2.79. The van der Waals surface area contributed by atoms with Gasteiger partial charge in [0, 0.05) is 32.7 Å². The largest absolute Gasteiger partial charge is 0.416 e. The van der Waals surface area contributed by atoms with Gasteiger partial charge in [-0.15, -0.1) is 0 Å². The number of halogens is 9. The van der Waals surface area contributed by atoms with Crippen LogP contribution >= 0.6 is 0 Å². The van der Waals surface area contributed by atoms with E-state index < -0.39 is 35.2 Å². The average Bonchev–Trinajstić information content (AvgIpc) is 3.73. The zero-order valence-corrected chi connectivity index (χ0v) is 32.3. The van der Waals surface area contributed by atoms with E-state index in [1.165, 1.54) is 24.3 Å². The van der Waals surface area contributed by atoms with Crippen LogP contribution in [0.3, 0.4) is 0 Å². The van der Waals surface area contributed by atoms with Gasteiger partial charge in [0.25, 0.3) is 0 Å². The molecule has 0 aliphatic carbocycles. The summed E-state index contributed by atoms with van der Waals surface area (Å²) in [7, 11) is 0. The van der Waals surface area contributed by atoms with E-state index in [1.807, 2.05) is 54.8 Å². The minimum Gasteiger partial charge on any atom is -0.309 e. The Morgan fingerprint density at radius 3 is 1.35 bits per heavy atom. The van der Waals surface area contributed by atoms with Gasteiger partial charge >= 0.3 is 18.5 Å². The number of fused-ring (bicyclic) bond motifs is 6. The van der Waals surface area contributed by atoms with Gasteiger partial charge in [0.1, 0.15) is 0 Å². The molecule has 0 unspecified atom stereocenters. The number of hydrogen-bond acceptors (Lipinski definition) is 0. The first-order chi connectivity index (χ1) is 29.3. The highest BCUT2D eigenvalue weighted by Crippen LogP contribution is 2.46. The molecule has 0 N–H and O–H groups in total. The molecule has 9 rings (SSSR count). The standard InChI is InChI=1S/C49H27F9N4/c1-26-5-14-41-35(19-26)36-20-27(2)6-15-42(36)62(41)46-21-28(33-13-8-31(49(56,57)58)24-40(33)60-4)7-12-34(46)39-25-32(59-3)11-18-45(39)61-43-16-9-29(47(50,51)52)22-37(43)38-23-30(48(53,54)55)10-17-44(38)61/h5-25H,1-2H3. The molecule has 9 aromatic rings. The molecular weight excluding hydrogens is 816 g/mol. The van der Waals surface area contributed by atoms with E-state index in [0.29, 0.717) is 28.1 Å². The maximum atomic E-state index is 14.1. The van der Waals surface area contributed by atoms with Crippen LogP contribution in [0, 0.1) is 27.0 Å². The van der Waals surface area contributed by atoms with Crippen molar-refractivity contribution >= 4 is 55.0 Å². The Kier molecular flexibility index (Phi) is 9.03. The average molecular weight is 843 g/mol. The Hall–Kier alpha value is -7.51. The number of aromatic nitrogens is 2. The third-order valence-corrected chi connectivity index (χ3v) is 11.1. The summed E-state index contributed by atoms with van der Waals surface area (Å²) in [5, 5.41) is 1.60. The molecule has 2 aromatic heterocycles. The second-order valence-corrected chi connectivity index (χ2v) is 15.1. The van der Waals surface area contributed by atoms with Gasteiger partial charge in [-0.2, -0.15) is 39.5 Å². The lowest BCUT2D eigenvalue weighted by molar-refractivity contribution is -0.138. The van der Waals surface area contributed by atoms with Gasteiger partial charge in [0.2, 0.25) is 0 Å². The van der Waals surface area contributed by atoms with Crippen LogP contribution in [0.2, 0.25) is 0 Å². The van der Waals surface area contributed by atoms with Crippen molar-refractivity contribution in [3.63, 3.8) is 0 Å². The third-order valence-electron chi connectivity index (χ3n) is 11.1. The molecule has 13 heteroatoms. The van der Waals surface area contributed by atoms with Crippen LogP contribution < -0.4 is 0 Å². The number of aryl methyl sites for hydroxylation is 2. The lowest BCUT2D eigenvalue weighted by Gasteiger charge is -2.21. The van der Waals surface area contributed by atoms with Crippen LogP contribution in [0.15, 0.2) is 127 Å². The minimum atomic E-state index is -4.80. The second-order valence-electron chi connectivity index (χ2n) is 15.1. The summed E-state index contributed by atoms with van der Waals surface area (Å²) in [6, 6.07) is 30.2. The molecule has 7 aromatic carbocycles. The van der Waals surface area contributed by atoms with E-state index in [4.69, 9.17) is 13.1 Å². The number of benzene rings is 7. The van der Waals surface area contributed by atoms with E-state index in [9.17, 15) is 39.5 Å². The fraction of sp³-hybridized carbons (Fsp3) is 0.102. The molecule has 2 heterocycles. The number of nitrogens with zero attached hydrogens (tertiary/aromatic N) is 4. The molecule has 0 saturated heterocycles. The molecule has 0 radical (unpaired) electrons. The summed E-state index contributed by atoms with van der Waals surface area (Å²) in [5.74, 6) is 0. The maximum absolute atomic E-state index is 14.1. The van der Waals surface area contributed by atoms with Crippen molar-refractivity contribution < 1.29 is 39.5 Å². The zero-order chi connectivity index (χ0) is 44.0. The van der Waals surface area contributed by atoms with Gasteiger partial charge in [-0.25, -0.2) is 9.69 Å². The predicted octanol–water partition coefficient (Wildman–Crippen LogP) is 16.0. The topological polar surface area (TPSA) is 18.6 Å². The molecule has 0 aliphatic rings. The van der Waals surface area contributed by atoms with E-state index in [0.717, 1.165) is 69.3 Å². The van der Waals surface area contributed by atoms with Gasteiger partial charge in [0.15, 0.2) is 11.4 Å². The molecule has 0 saturated carbocycles. The number of alkyl halides is 9. The monoisotopic (exact) mass is 842 g/mol. The van der Waals surface area contributed by atoms with E-state index in [1.54, 1.807) is 34.9 Å². The molecule has 62 heavy (non-hydrogen) atoms. The summed E-state index contributed by atoms with van der Waals surface area (Å²) in [6.45, 7) is 19.7. The summed E-state index contributed by atoms with van der Waals surface area (Å²) < 4.78 is 130. The van der Waals surface area contributed by atoms with E-state index in [2.05, 4.69) is 9.69 Å². The molecule has 0 fully saturated rings. The number of hydrogen-bond donors (Lipinski definition) is 0. The van der Waals surface area contributed by atoms with Crippen molar-refractivity contribution in [1.82, 2.24) is 9.13 Å². The predicted molar refractivity (Wildman–Crippen MR) is 223 cm³/mol. The van der Waals surface area contributed by atoms with Crippen LogP contribution in [0.4, 0.5) is 50.9 Å². The Labute approximate surface area is 346 Å². The SMILES string of the molecule is [C-]#[N+]c1ccc(-n2c3ccc(C(F)(F)F)cc3c3cc(C(F)(F)F)ccc32)c(-c2ccc(-c3ccc(C(F)(F)F)cc3[N+]#[C-])cc2-n2c3ccc(C)cc3c3cc(C)ccc32)c1. The Morgan fingerprint density at radius 2 is 0.855 bits per heavy atom. The zero-order valence-electron chi connectivity index (χ0n) is 32.3. The fourth-order valence-electron chi connectivity index (χ4n) is 8.31. The van der Waals surface area contributed by atoms with Crippen LogP contribution in [0.25, 0.3) is 86.9 Å². The summed E-state index contributed by atoms with van der Waals surface area (Å²) in [4.78, 5) is 7.12. The third kappa shape index (κ3) is 6.57.